The Morgan fingerprint density at radius 3 is 2.36 bits per heavy atom. The second-order valence-corrected chi connectivity index (χ2v) is 8.99. The predicted octanol–water partition coefficient (Wildman–Crippen LogP) is 2.60. The lowest BCUT2D eigenvalue weighted by Gasteiger charge is -2.16. The van der Waals surface area contributed by atoms with Gasteiger partial charge in [-0.15, -0.1) is 10.2 Å². The van der Waals surface area contributed by atoms with Gasteiger partial charge in [0.1, 0.15) is 11.6 Å². The molecule has 0 radical (unpaired) electrons. The zero-order chi connectivity index (χ0) is 23.1. The number of carbonyl (C=O) groups excluding carboxylic acids is 4. The van der Waals surface area contributed by atoms with E-state index in [9.17, 15) is 19.2 Å². The molecular weight excluding hydrogens is 442 g/mol. The Hall–Kier alpha value is -3.92. The molecule has 166 valence electrons. The summed E-state index contributed by atoms with van der Waals surface area (Å²) in [6, 6.07) is 14.2. The highest BCUT2D eigenvalue weighted by Crippen LogP contribution is 2.34. The zero-order valence-electron chi connectivity index (χ0n) is 17.6. The summed E-state index contributed by atoms with van der Waals surface area (Å²) in [6.45, 7) is 2.06. The molecule has 1 atom stereocenters. The summed E-state index contributed by atoms with van der Waals surface area (Å²) in [5, 5.41) is 11.7. The summed E-state index contributed by atoms with van der Waals surface area (Å²) in [7, 11) is 0. The van der Waals surface area contributed by atoms with Gasteiger partial charge < -0.3 is 4.90 Å². The van der Waals surface area contributed by atoms with Crippen molar-refractivity contribution in [3.63, 3.8) is 0 Å². The highest BCUT2D eigenvalue weighted by molar-refractivity contribution is 7.15. The fourth-order valence-electron chi connectivity index (χ4n) is 3.98. The molecule has 5 rings (SSSR count). The van der Waals surface area contributed by atoms with Crippen LogP contribution in [-0.2, 0) is 9.59 Å². The maximum absolute atomic E-state index is 12.5. The molecule has 3 heterocycles. The van der Waals surface area contributed by atoms with E-state index in [-0.39, 0.29) is 28.1 Å². The first-order chi connectivity index (χ1) is 15.9. The third-order valence-corrected chi connectivity index (χ3v) is 6.69. The standard InChI is InChI=1S/C23H19N5O4S/c1-13-6-8-15(9-7-13)27-11-14(10-19(27)30)20-25-26-23(33-20)24-18(29)12-28-21(31)16-4-2-3-5-17(16)22(28)32/h2-9,14H,10-12H2,1H3,(H,24,26,29). The van der Waals surface area contributed by atoms with Gasteiger partial charge in [0.2, 0.25) is 16.9 Å². The summed E-state index contributed by atoms with van der Waals surface area (Å²) >= 11 is 1.19. The molecule has 1 fully saturated rings. The molecule has 3 aromatic rings. The van der Waals surface area contributed by atoms with Crippen LogP contribution in [0.25, 0.3) is 0 Å². The van der Waals surface area contributed by atoms with Crippen LogP contribution < -0.4 is 10.2 Å². The van der Waals surface area contributed by atoms with E-state index in [1.165, 1.54) is 11.3 Å². The lowest BCUT2D eigenvalue weighted by molar-refractivity contribution is -0.117. The molecule has 0 bridgehead atoms. The Balaban J connectivity index is 1.22. The average Bonchev–Trinajstić information content (AvgIpc) is 3.48. The zero-order valence-corrected chi connectivity index (χ0v) is 18.5. The first kappa shape index (κ1) is 21.0. The van der Waals surface area contributed by atoms with E-state index in [1.807, 2.05) is 31.2 Å². The van der Waals surface area contributed by atoms with E-state index in [0.717, 1.165) is 16.2 Å². The quantitative estimate of drug-likeness (QED) is 0.585. The topological polar surface area (TPSA) is 113 Å². The number of carbonyl (C=O) groups is 4. The molecular formula is C23H19N5O4S. The highest BCUT2D eigenvalue weighted by atomic mass is 32.1. The maximum atomic E-state index is 12.5. The van der Waals surface area contributed by atoms with Gasteiger partial charge in [0.15, 0.2) is 0 Å². The van der Waals surface area contributed by atoms with Crippen LogP contribution in [0, 0.1) is 6.92 Å². The van der Waals surface area contributed by atoms with Gasteiger partial charge in [-0.3, -0.25) is 29.4 Å². The van der Waals surface area contributed by atoms with Crippen LogP contribution in [0.3, 0.4) is 0 Å². The lowest BCUT2D eigenvalue weighted by atomic mass is 10.1. The van der Waals surface area contributed by atoms with Crippen molar-refractivity contribution in [1.82, 2.24) is 15.1 Å². The summed E-state index contributed by atoms with van der Waals surface area (Å²) in [4.78, 5) is 52.5. The molecule has 1 aromatic heterocycles. The number of aromatic nitrogens is 2. The van der Waals surface area contributed by atoms with Crippen LogP contribution in [0.15, 0.2) is 48.5 Å². The van der Waals surface area contributed by atoms with Gasteiger partial charge in [-0.25, -0.2) is 0 Å². The monoisotopic (exact) mass is 461 g/mol. The van der Waals surface area contributed by atoms with Crippen LogP contribution in [0.5, 0.6) is 0 Å². The molecule has 1 N–H and O–H groups in total. The van der Waals surface area contributed by atoms with Crippen LogP contribution in [0.4, 0.5) is 10.8 Å². The number of rotatable bonds is 5. The molecule has 2 aliphatic heterocycles. The molecule has 0 saturated carbocycles. The smallest absolute Gasteiger partial charge is 0.262 e. The van der Waals surface area contributed by atoms with Gasteiger partial charge in [0.05, 0.1) is 11.1 Å². The fourth-order valence-corrected chi connectivity index (χ4v) is 4.83. The maximum Gasteiger partial charge on any atom is 0.262 e. The summed E-state index contributed by atoms with van der Waals surface area (Å²) in [5.74, 6) is -1.65. The first-order valence-corrected chi connectivity index (χ1v) is 11.2. The van der Waals surface area contributed by atoms with E-state index in [0.29, 0.717) is 18.0 Å². The normalized spacial score (nSPS) is 17.6. The molecule has 9 nitrogen and oxygen atoms in total. The highest BCUT2D eigenvalue weighted by Gasteiger charge is 2.37. The molecule has 4 amide bonds. The molecule has 0 aliphatic carbocycles. The Kier molecular flexibility index (Phi) is 5.21. The van der Waals surface area contributed by atoms with Gasteiger partial charge in [-0.1, -0.05) is 41.2 Å². The molecule has 33 heavy (non-hydrogen) atoms. The van der Waals surface area contributed by atoms with Crippen molar-refractivity contribution >= 4 is 45.8 Å². The summed E-state index contributed by atoms with van der Waals surface area (Å²) in [6.07, 6.45) is 0.311. The number of nitrogens with zero attached hydrogens (tertiary/aromatic N) is 4. The minimum Gasteiger partial charge on any atom is -0.312 e. The van der Waals surface area contributed by atoms with Crippen molar-refractivity contribution in [3.8, 4) is 0 Å². The lowest BCUT2D eigenvalue weighted by Crippen LogP contribution is -2.37. The van der Waals surface area contributed by atoms with E-state index < -0.39 is 24.3 Å². The number of imide groups is 1. The van der Waals surface area contributed by atoms with Crippen LogP contribution in [-0.4, -0.2) is 51.8 Å². The molecule has 2 aromatic carbocycles. The van der Waals surface area contributed by atoms with Gasteiger partial charge in [-0.2, -0.15) is 0 Å². The first-order valence-electron chi connectivity index (χ1n) is 10.4. The number of fused-ring (bicyclic) bond motifs is 1. The Labute approximate surface area is 193 Å². The number of amides is 4. The third-order valence-electron chi connectivity index (χ3n) is 5.69. The fraction of sp³-hybridized carbons (Fsp3) is 0.217. The number of hydrogen-bond donors (Lipinski definition) is 1. The summed E-state index contributed by atoms with van der Waals surface area (Å²) < 4.78 is 0. The van der Waals surface area contributed by atoms with Crippen LogP contribution in [0.2, 0.25) is 0 Å². The average molecular weight is 462 g/mol. The number of anilines is 2. The second kappa shape index (κ2) is 8.21. The number of aryl methyl sites for hydroxylation is 1. The molecule has 10 heteroatoms. The van der Waals surface area contributed by atoms with Crippen molar-refractivity contribution in [2.75, 3.05) is 23.3 Å². The van der Waals surface area contributed by atoms with Gasteiger partial charge in [0, 0.05) is 24.6 Å². The van der Waals surface area contributed by atoms with Crippen molar-refractivity contribution in [3.05, 3.63) is 70.2 Å². The molecule has 2 aliphatic rings. The van der Waals surface area contributed by atoms with E-state index >= 15 is 0 Å². The Bertz CT molecular complexity index is 1250. The van der Waals surface area contributed by atoms with Crippen molar-refractivity contribution < 1.29 is 19.2 Å². The van der Waals surface area contributed by atoms with Crippen molar-refractivity contribution in [2.45, 2.75) is 19.3 Å². The van der Waals surface area contributed by atoms with Gasteiger partial charge in [-0.05, 0) is 31.2 Å². The Morgan fingerprint density at radius 1 is 1.03 bits per heavy atom. The number of nitrogens with one attached hydrogen (secondary N) is 1. The molecule has 1 saturated heterocycles. The second-order valence-electron chi connectivity index (χ2n) is 7.98. The predicted molar refractivity (Wildman–Crippen MR) is 121 cm³/mol. The minimum atomic E-state index is -0.545. The number of hydrogen-bond acceptors (Lipinski definition) is 7. The van der Waals surface area contributed by atoms with Crippen molar-refractivity contribution in [1.29, 1.82) is 0 Å². The van der Waals surface area contributed by atoms with Gasteiger partial charge >= 0.3 is 0 Å². The Morgan fingerprint density at radius 2 is 1.70 bits per heavy atom. The number of benzene rings is 2. The third kappa shape index (κ3) is 3.89. The SMILES string of the molecule is Cc1ccc(N2CC(c3nnc(NC(=O)CN4C(=O)c5ccccc5C4=O)s3)CC2=O)cc1. The van der Waals surface area contributed by atoms with Gasteiger partial charge in [0.25, 0.3) is 11.8 Å². The minimum absolute atomic E-state index is 0.00950. The van der Waals surface area contributed by atoms with E-state index in [1.54, 1.807) is 29.2 Å². The van der Waals surface area contributed by atoms with E-state index in [4.69, 9.17) is 0 Å². The van der Waals surface area contributed by atoms with E-state index in [2.05, 4.69) is 15.5 Å². The molecule has 0 spiro atoms. The van der Waals surface area contributed by atoms with Crippen LogP contribution >= 0.6 is 11.3 Å². The van der Waals surface area contributed by atoms with Crippen LogP contribution in [0.1, 0.15) is 43.6 Å². The molecule has 1 unspecified atom stereocenters. The largest absolute Gasteiger partial charge is 0.312 e. The summed E-state index contributed by atoms with van der Waals surface area (Å²) in [5.41, 5.74) is 2.54. The van der Waals surface area contributed by atoms with Crippen molar-refractivity contribution in [2.24, 2.45) is 0 Å².